The maximum Gasteiger partial charge on any atom is 0.248 e. The van der Waals surface area contributed by atoms with Gasteiger partial charge in [0.15, 0.2) is 0 Å². The molecule has 5 rings (SSSR count). The molecule has 5 nitrogen and oxygen atoms in total. The molecule has 1 atom stereocenters. The standard InChI is InChI=1S/C20H14ClN5/c21-15-10-8-14(9-11-15)18-12-19(26-20(22-18)23-24-25-26)17-7-3-5-13-4-1-2-6-16(13)17/h1-12,19H,(H,22,23,25)/t19-/m0/s1. The zero-order chi connectivity index (χ0) is 17.5. The molecule has 3 aromatic carbocycles. The molecule has 2 heterocycles. The zero-order valence-corrected chi connectivity index (χ0v) is 14.4. The van der Waals surface area contributed by atoms with E-state index in [1.165, 1.54) is 10.8 Å². The van der Waals surface area contributed by atoms with E-state index in [0.717, 1.165) is 16.8 Å². The summed E-state index contributed by atoms with van der Waals surface area (Å²) in [5.41, 5.74) is 3.15. The summed E-state index contributed by atoms with van der Waals surface area (Å²) in [5, 5.41) is 18.6. The van der Waals surface area contributed by atoms with E-state index in [-0.39, 0.29) is 6.04 Å². The Labute approximate surface area is 154 Å². The molecule has 1 N–H and O–H groups in total. The molecule has 0 spiro atoms. The van der Waals surface area contributed by atoms with E-state index in [4.69, 9.17) is 11.6 Å². The number of hydrogen-bond acceptors (Lipinski definition) is 4. The Morgan fingerprint density at radius 2 is 1.73 bits per heavy atom. The van der Waals surface area contributed by atoms with Crippen LogP contribution in [0.15, 0.2) is 72.8 Å². The van der Waals surface area contributed by atoms with Crippen LogP contribution in [-0.4, -0.2) is 20.2 Å². The molecule has 0 unspecified atom stereocenters. The van der Waals surface area contributed by atoms with Crippen LogP contribution in [0.1, 0.15) is 17.2 Å². The molecule has 0 amide bonds. The van der Waals surface area contributed by atoms with Gasteiger partial charge in [0.05, 0.1) is 0 Å². The monoisotopic (exact) mass is 359 g/mol. The molecule has 26 heavy (non-hydrogen) atoms. The third-order valence-electron chi connectivity index (χ3n) is 4.62. The first-order chi connectivity index (χ1) is 12.8. The topological polar surface area (TPSA) is 55.6 Å². The number of allylic oxidation sites excluding steroid dienone is 1. The first-order valence-electron chi connectivity index (χ1n) is 8.30. The van der Waals surface area contributed by atoms with Gasteiger partial charge in [-0.1, -0.05) is 71.3 Å². The molecule has 0 saturated carbocycles. The Morgan fingerprint density at radius 1 is 0.923 bits per heavy atom. The number of anilines is 1. The Hall–Kier alpha value is -3.18. The SMILES string of the molecule is Clc1ccc(C2=C[C@@H](c3cccc4ccccc34)n3nnnc3N2)cc1. The van der Waals surface area contributed by atoms with Crippen molar-refractivity contribution in [2.45, 2.75) is 6.04 Å². The van der Waals surface area contributed by atoms with Gasteiger partial charge < -0.3 is 5.32 Å². The number of fused-ring (bicyclic) bond motifs is 2. The zero-order valence-electron chi connectivity index (χ0n) is 13.7. The number of aromatic nitrogens is 4. The van der Waals surface area contributed by atoms with Crippen LogP contribution in [0.5, 0.6) is 0 Å². The van der Waals surface area contributed by atoms with Crippen molar-refractivity contribution in [3.8, 4) is 0 Å². The van der Waals surface area contributed by atoms with Crippen LogP contribution in [0.3, 0.4) is 0 Å². The van der Waals surface area contributed by atoms with E-state index in [1.807, 2.05) is 30.3 Å². The summed E-state index contributed by atoms with van der Waals surface area (Å²) >= 11 is 6.03. The van der Waals surface area contributed by atoms with Gasteiger partial charge in [0.1, 0.15) is 6.04 Å². The Morgan fingerprint density at radius 3 is 2.62 bits per heavy atom. The lowest BCUT2D eigenvalue weighted by molar-refractivity contribution is 0.589. The second-order valence-electron chi connectivity index (χ2n) is 6.17. The number of hydrogen-bond donors (Lipinski definition) is 1. The van der Waals surface area contributed by atoms with E-state index < -0.39 is 0 Å². The van der Waals surface area contributed by atoms with E-state index in [1.54, 1.807) is 4.68 Å². The van der Waals surface area contributed by atoms with Crippen LogP contribution < -0.4 is 5.32 Å². The smallest absolute Gasteiger partial charge is 0.248 e. The molecular formula is C20H14ClN5. The fourth-order valence-corrected chi connectivity index (χ4v) is 3.51. The minimum absolute atomic E-state index is 0.0990. The first kappa shape index (κ1) is 15.1. The molecule has 1 aliphatic rings. The average Bonchev–Trinajstić information content (AvgIpc) is 3.16. The van der Waals surface area contributed by atoms with Crippen LogP contribution >= 0.6 is 11.6 Å². The van der Waals surface area contributed by atoms with Crippen LogP contribution in [0.4, 0.5) is 5.95 Å². The van der Waals surface area contributed by atoms with Crippen molar-refractivity contribution in [2.75, 3.05) is 5.32 Å². The molecule has 126 valence electrons. The van der Waals surface area contributed by atoms with Gasteiger partial charge in [0.25, 0.3) is 0 Å². The first-order valence-corrected chi connectivity index (χ1v) is 8.68. The highest BCUT2D eigenvalue weighted by Crippen LogP contribution is 2.35. The predicted molar refractivity (Wildman–Crippen MR) is 103 cm³/mol. The quantitative estimate of drug-likeness (QED) is 0.571. The molecule has 1 aromatic heterocycles. The van der Waals surface area contributed by atoms with Gasteiger partial charge in [-0.3, -0.25) is 0 Å². The Bertz CT molecular complexity index is 1130. The largest absolute Gasteiger partial charge is 0.323 e. The van der Waals surface area contributed by atoms with E-state index in [9.17, 15) is 0 Å². The third kappa shape index (κ3) is 2.45. The van der Waals surface area contributed by atoms with Crippen molar-refractivity contribution >= 4 is 34.0 Å². The van der Waals surface area contributed by atoms with E-state index in [0.29, 0.717) is 11.0 Å². The molecule has 6 heteroatoms. The number of nitrogens with zero attached hydrogens (tertiary/aromatic N) is 4. The van der Waals surface area contributed by atoms with Crippen molar-refractivity contribution in [3.63, 3.8) is 0 Å². The van der Waals surface area contributed by atoms with Crippen LogP contribution in [0.25, 0.3) is 16.5 Å². The van der Waals surface area contributed by atoms with Crippen molar-refractivity contribution < 1.29 is 0 Å². The molecular weight excluding hydrogens is 346 g/mol. The van der Waals surface area contributed by atoms with Gasteiger partial charge in [-0.25, -0.2) is 0 Å². The molecule has 1 aliphatic heterocycles. The lowest BCUT2D eigenvalue weighted by Gasteiger charge is -2.24. The highest BCUT2D eigenvalue weighted by atomic mass is 35.5. The summed E-state index contributed by atoms with van der Waals surface area (Å²) < 4.78 is 1.81. The number of nitrogens with one attached hydrogen (secondary N) is 1. The molecule has 0 radical (unpaired) electrons. The summed E-state index contributed by atoms with van der Waals surface area (Å²) in [6.07, 6.45) is 2.15. The number of tetrazole rings is 1. The fourth-order valence-electron chi connectivity index (χ4n) is 3.38. The predicted octanol–water partition coefficient (Wildman–Crippen LogP) is 4.54. The van der Waals surface area contributed by atoms with Crippen LogP contribution in [-0.2, 0) is 0 Å². The highest BCUT2D eigenvalue weighted by molar-refractivity contribution is 6.30. The van der Waals surface area contributed by atoms with Gasteiger partial charge in [-0.05, 0) is 50.5 Å². The van der Waals surface area contributed by atoms with Crippen molar-refractivity contribution in [2.24, 2.45) is 0 Å². The highest BCUT2D eigenvalue weighted by Gasteiger charge is 2.25. The Kier molecular flexibility index (Phi) is 3.47. The average molecular weight is 360 g/mol. The van der Waals surface area contributed by atoms with Gasteiger partial charge in [-0.15, -0.1) is 0 Å². The van der Waals surface area contributed by atoms with Crippen LogP contribution in [0, 0.1) is 0 Å². The van der Waals surface area contributed by atoms with E-state index in [2.05, 4.69) is 63.3 Å². The third-order valence-corrected chi connectivity index (χ3v) is 4.88. The van der Waals surface area contributed by atoms with Crippen molar-refractivity contribution in [3.05, 3.63) is 89.0 Å². The summed E-state index contributed by atoms with van der Waals surface area (Å²) in [5.74, 6) is 0.621. The summed E-state index contributed by atoms with van der Waals surface area (Å²) in [4.78, 5) is 0. The minimum atomic E-state index is -0.0990. The van der Waals surface area contributed by atoms with E-state index >= 15 is 0 Å². The summed E-state index contributed by atoms with van der Waals surface area (Å²) in [7, 11) is 0. The minimum Gasteiger partial charge on any atom is -0.323 e. The molecule has 0 fully saturated rings. The van der Waals surface area contributed by atoms with Crippen LogP contribution in [0.2, 0.25) is 5.02 Å². The lowest BCUT2D eigenvalue weighted by atomic mass is 9.96. The molecule has 4 aromatic rings. The second-order valence-corrected chi connectivity index (χ2v) is 6.61. The van der Waals surface area contributed by atoms with Gasteiger partial charge in [0.2, 0.25) is 5.95 Å². The number of rotatable bonds is 2. The van der Waals surface area contributed by atoms with Gasteiger partial charge >= 0.3 is 0 Å². The maximum absolute atomic E-state index is 6.03. The molecule has 0 bridgehead atoms. The molecule has 0 saturated heterocycles. The normalized spacial score (nSPS) is 16.0. The number of benzene rings is 3. The van der Waals surface area contributed by atoms with Gasteiger partial charge in [0, 0.05) is 10.7 Å². The second kappa shape index (κ2) is 5.97. The maximum atomic E-state index is 6.03. The van der Waals surface area contributed by atoms with Crippen molar-refractivity contribution in [1.82, 2.24) is 20.2 Å². The number of halogens is 1. The lowest BCUT2D eigenvalue weighted by Crippen LogP contribution is -2.20. The van der Waals surface area contributed by atoms with Crippen molar-refractivity contribution in [1.29, 1.82) is 0 Å². The summed E-state index contributed by atoms with van der Waals surface area (Å²) in [6.45, 7) is 0. The Balaban J connectivity index is 1.70. The summed E-state index contributed by atoms with van der Waals surface area (Å²) in [6, 6.07) is 22.3. The van der Waals surface area contributed by atoms with Gasteiger partial charge in [-0.2, -0.15) is 4.68 Å². The molecule has 0 aliphatic carbocycles. The fraction of sp³-hybridized carbons (Fsp3) is 0.0500.